The second kappa shape index (κ2) is 4.68. The van der Waals surface area contributed by atoms with Gasteiger partial charge < -0.3 is 9.64 Å². The van der Waals surface area contributed by atoms with Crippen molar-refractivity contribution >= 4 is 12.0 Å². The highest BCUT2D eigenvalue weighted by Crippen LogP contribution is 2.19. The Bertz CT molecular complexity index is 461. The number of benzene rings is 1. The predicted octanol–water partition coefficient (Wildman–Crippen LogP) is 1.49. The topological polar surface area (TPSA) is 58.6 Å². The van der Waals surface area contributed by atoms with Gasteiger partial charge in [0.1, 0.15) is 0 Å². The van der Waals surface area contributed by atoms with E-state index in [-0.39, 0.29) is 6.03 Å². The average molecular weight is 248 g/mol. The summed E-state index contributed by atoms with van der Waals surface area (Å²) in [6.07, 6.45) is 0. The number of urea groups is 1. The molecule has 18 heavy (non-hydrogen) atoms. The lowest BCUT2D eigenvalue weighted by molar-refractivity contribution is -0.155. The van der Waals surface area contributed by atoms with Gasteiger partial charge in [-0.05, 0) is 12.5 Å². The molecule has 1 aromatic rings. The van der Waals surface area contributed by atoms with Gasteiger partial charge >= 0.3 is 12.0 Å². The second-order valence-electron chi connectivity index (χ2n) is 4.60. The highest BCUT2D eigenvalue weighted by atomic mass is 16.6. The molecule has 1 N–H and O–H groups in total. The summed E-state index contributed by atoms with van der Waals surface area (Å²) in [7, 11) is 0. The number of hydrogen-bond acceptors (Lipinski definition) is 3. The summed E-state index contributed by atoms with van der Waals surface area (Å²) < 4.78 is 5.12. The number of hydrogen-bond donors (Lipinski definition) is 1. The Hall–Kier alpha value is -2.04. The van der Waals surface area contributed by atoms with Gasteiger partial charge in [0.25, 0.3) is 0 Å². The van der Waals surface area contributed by atoms with Gasteiger partial charge in [-0.25, -0.2) is 4.79 Å². The molecule has 0 spiro atoms. The van der Waals surface area contributed by atoms with E-state index in [0.717, 1.165) is 5.56 Å². The first-order valence-electron chi connectivity index (χ1n) is 5.79. The quantitative estimate of drug-likeness (QED) is 0.824. The standard InChI is InChI=1S/C13H16N2O3/c1-10(16)18-13(2)9-15(12(17)14-13)8-11-6-4-3-5-7-11/h3-7H,8-9H2,1-2H3,(H,14,17). The van der Waals surface area contributed by atoms with Crippen LogP contribution >= 0.6 is 0 Å². The molecule has 5 nitrogen and oxygen atoms in total. The first-order chi connectivity index (χ1) is 8.48. The maximum atomic E-state index is 11.8. The molecule has 1 heterocycles. The van der Waals surface area contributed by atoms with Crippen molar-refractivity contribution in [2.24, 2.45) is 0 Å². The van der Waals surface area contributed by atoms with Gasteiger partial charge in [-0.1, -0.05) is 30.3 Å². The first-order valence-corrected chi connectivity index (χ1v) is 5.79. The van der Waals surface area contributed by atoms with Gasteiger partial charge in [-0.2, -0.15) is 0 Å². The average Bonchev–Trinajstić information content (AvgIpc) is 2.53. The van der Waals surface area contributed by atoms with Crippen molar-refractivity contribution in [2.45, 2.75) is 26.1 Å². The molecule has 0 radical (unpaired) electrons. The number of nitrogens with zero attached hydrogens (tertiary/aromatic N) is 1. The third kappa shape index (κ3) is 2.80. The van der Waals surface area contributed by atoms with E-state index in [9.17, 15) is 9.59 Å². The minimum atomic E-state index is -0.933. The van der Waals surface area contributed by atoms with Crippen LogP contribution in [0.3, 0.4) is 0 Å². The van der Waals surface area contributed by atoms with E-state index in [0.29, 0.717) is 13.1 Å². The Morgan fingerprint density at radius 2 is 2.11 bits per heavy atom. The highest BCUT2D eigenvalue weighted by molar-refractivity contribution is 5.78. The van der Waals surface area contributed by atoms with Crippen LogP contribution in [-0.2, 0) is 16.1 Å². The zero-order valence-electron chi connectivity index (χ0n) is 10.5. The van der Waals surface area contributed by atoms with Gasteiger partial charge in [0.2, 0.25) is 5.72 Å². The third-order valence-corrected chi connectivity index (χ3v) is 2.74. The van der Waals surface area contributed by atoms with E-state index in [2.05, 4.69) is 5.32 Å². The Kier molecular flexibility index (Phi) is 3.23. The van der Waals surface area contributed by atoms with Gasteiger partial charge in [0, 0.05) is 13.5 Å². The summed E-state index contributed by atoms with van der Waals surface area (Å²) in [5, 5.41) is 2.68. The van der Waals surface area contributed by atoms with Crippen molar-refractivity contribution < 1.29 is 14.3 Å². The van der Waals surface area contributed by atoms with Gasteiger partial charge in [0.05, 0.1) is 6.54 Å². The Morgan fingerprint density at radius 1 is 1.44 bits per heavy atom. The third-order valence-electron chi connectivity index (χ3n) is 2.74. The zero-order chi connectivity index (χ0) is 13.2. The zero-order valence-corrected chi connectivity index (χ0v) is 10.5. The summed E-state index contributed by atoms with van der Waals surface area (Å²) in [6.45, 7) is 3.87. The maximum absolute atomic E-state index is 11.8. The molecule has 1 atom stereocenters. The fourth-order valence-corrected chi connectivity index (χ4v) is 2.09. The van der Waals surface area contributed by atoms with E-state index in [1.54, 1.807) is 11.8 Å². The minimum absolute atomic E-state index is 0.220. The van der Waals surface area contributed by atoms with E-state index < -0.39 is 11.7 Å². The maximum Gasteiger partial charge on any atom is 0.321 e. The Labute approximate surface area is 106 Å². The second-order valence-corrected chi connectivity index (χ2v) is 4.60. The first kappa shape index (κ1) is 12.4. The molecule has 2 amide bonds. The SMILES string of the molecule is CC(=O)OC1(C)CN(Cc2ccccc2)C(=O)N1. The molecule has 5 heteroatoms. The van der Waals surface area contributed by atoms with Crippen molar-refractivity contribution in [1.29, 1.82) is 0 Å². The molecule has 0 aromatic heterocycles. The molecule has 2 rings (SSSR count). The minimum Gasteiger partial charge on any atom is -0.437 e. The summed E-state index contributed by atoms with van der Waals surface area (Å²) in [6, 6.07) is 9.46. The largest absolute Gasteiger partial charge is 0.437 e. The predicted molar refractivity (Wildman–Crippen MR) is 65.6 cm³/mol. The van der Waals surface area contributed by atoms with Crippen LogP contribution in [0.2, 0.25) is 0 Å². The molecular weight excluding hydrogens is 232 g/mol. The molecule has 0 bridgehead atoms. The number of nitrogens with one attached hydrogen (secondary N) is 1. The van der Waals surface area contributed by atoms with Crippen LogP contribution in [0.1, 0.15) is 19.4 Å². The molecule has 1 saturated heterocycles. The smallest absolute Gasteiger partial charge is 0.321 e. The van der Waals surface area contributed by atoms with Crippen LogP contribution in [-0.4, -0.2) is 29.2 Å². The van der Waals surface area contributed by atoms with Crippen LogP contribution in [0.15, 0.2) is 30.3 Å². The summed E-state index contributed by atoms with van der Waals surface area (Å²) in [4.78, 5) is 24.4. The number of carbonyl (C=O) groups is 2. The molecular formula is C13H16N2O3. The fourth-order valence-electron chi connectivity index (χ4n) is 2.09. The molecule has 96 valence electrons. The Balaban J connectivity index is 2.04. The molecule has 0 saturated carbocycles. The van der Waals surface area contributed by atoms with E-state index >= 15 is 0 Å². The van der Waals surface area contributed by atoms with Crippen LogP contribution in [0.5, 0.6) is 0 Å². The summed E-state index contributed by atoms with van der Waals surface area (Å²) in [5.74, 6) is -0.403. The molecule has 0 aliphatic carbocycles. The summed E-state index contributed by atoms with van der Waals surface area (Å²) >= 11 is 0. The lowest BCUT2D eigenvalue weighted by atomic mass is 10.2. The number of rotatable bonds is 3. The number of carbonyl (C=O) groups excluding carboxylic acids is 2. The number of amides is 2. The van der Waals surface area contributed by atoms with Crippen LogP contribution < -0.4 is 5.32 Å². The van der Waals surface area contributed by atoms with E-state index in [1.165, 1.54) is 6.92 Å². The van der Waals surface area contributed by atoms with Crippen LogP contribution in [0.25, 0.3) is 0 Å². The highest BCUT2D eigenvalue weighted by Gasteiger charge is 2.41. The van der Waals surface area contributed by atoms with Crippen LogP contribution in [0.4, 0.5) is 4.79 Å². The normalized spacial score (nSPS) is 22.8. The Morgan fingerprint density at radius 3 is 2.72 bits per heavy atom. The van der Waals surface area contributed by atoms with Crippen molar-refractivity contribution in [3.8, 4) is 0 Å². The molecule has 1 unspecified atom stereocenters. The summed E-state index contributed by atoms with van der Waals surface area (Å²) in [5.41, 5.74) is 0.109. The molecule has 1 fully saturated rings. The lowest BCUT2D eigenvalue weighted by Crippen LogP contribution is -2.44. The van der Waals surface area contributed by atoms with Crippen molar-refractivity contribution in [3.05, 3.63) is 35.9 Å². The lowest BCUT2D eigenvalue weighted by Gasteiger charge is -2.22. The van der Waals surface area contributed by atoms with Gasteiger partial charge in [0.15, 0.2) is 0 Å². The number of esters is 1. The molecule has 1 aliphatic rings. The van der Waals surface area contributed by atoms with Crippen LogP contribution in [0, 0.1) is 0 Å². The van der Waals surface area contributed by atoms with Gasteiger partial charge in [-0.3, -0.25) is 10.1 Å². The number of ether oxygens (including phenoxy) is 1. The fraction of sp³-hybridized carbons (Fsp3) is 0.385. The molecule has 1 aromatic carbocycles. The van der Waals surface area contributed by atoms with E-state index in [1.807, 2.05) is 30.3 Å². The molecule has 1 aliphatic heterocycles. The van der Waals surface area contributed by atoms with Gasteiger partial charge in [-0.15, -0.1) is 0 Å². The van der Waals surface area contributed by atoms with Crippen molar-refractivity contribution in [1.82, 2.24) is 10.2 Å². The van der Waals surface area contributed by atoms with E-state index in [4.69, 9.17) is 4.74 Å². The monoisotopic (exact) mass is 248 g/mol. The van der Waals surface area contributed by atoms with Crippen molar-refractivity contribution in [3.63, 3.8) is 0 Å². The van der Waals surface area contributed by atoms with Crippen molar-refractivity contribution in [2.75, 3.05) is 6.54 Å².